The molecule has 2 rings (SSSR count). The first kappa shape index (κ1) is 19.2. The quantitative estimate of drug-likeness (QED) is 0.602. The highest BCUT2D eigenvalue weighted by molar-refractivity contribution is 5.61. The summed E-state index contributed by atoms with van der Waals surface area (Å²) in [7, 11) is 0. The number of hydrogen-bond donors (Lipinski definition) is 0. The molecule has 0 amide bonds. The van der Waals surface area contributed by atoms with Crippen molar-refractivity contribution in [3.63, 3.8) is 0 Å². The lowest BCUT2D eigenvalue weighted by Gasteiger charge is -2.34. The summed E-state index contributed by atoms with van der Waals surface area (Å²) in [6.45, 7) is 17.0. The van der Waals surface area contributed by atoms with Gasteiger partial charge in [0.15, 0.2) is 0 Å². The first-order chi connectivity index (χ1) is 11.7. The van der Waals surface area contributed by atoms with E-state index in [1.165, 1.54) is 56.7 Å². The summed E-state index contributed by atoms with van der Waals surface area (Å²) >= 11 is 0. The first-order valence-corrected chi connectivity index (χ1v) is 9.46. The molecule has 1 aliphatic rings. The maximum atomic E-state index is 5.65. The van der Waals surface area contributed by atoms with Gasteiger partial charge in [0.05, 0.1) is 0 Å². The van der Waals surface area contributed by atoms with Gasteiger partial charge in [-0.25, -0.2) is 0 Å². The largest absolute Gasteiger partial charge is 0.381 e. The minimum atomic E-state index is 0.912. The van der Waals surface area contributed by atoms with Crippen LogP contribution < -0.4 is 0 Å². The number of nitrogens with zero attached hydrogens (tertiary/aromatic N) is 2. The van der Waals surface area contributed by atoms with Gasteiger partial charge in [0.1, 0.15) is 0 Å². The molecular formula is C21H34N2O. The fourth-order valence-corrected chi connectivity index (χ4v) is 3.06. The van der Waals surface area contributed by atoms with Crippen molar-refractivity contribution < 1.29 is 4.74 Å². The third-order valence-electron chi connectivity index (χ3n) is 4.72. The third-order valence-corrected chi connectivity index (χ3v) is 4.72. The molecule has 0 N–H and O–H groups in total. The van der Waals surface area contributed by atoms with Crippen molar-refractivity contribution in [3.8, 4) is 0 Å². The molecule has 0 aliphatic carbocycles. The molecule has 0 bridgehead atoms. The van der Waals surface area contributed by atoms with E-state index in [-0.39, 0.29) is 0 Å². The van der Waals surface area contributed by atoms with E-state index in [4.69, 9.17) is 4.74 Å². The summed E-state index contributed by atoms with van der Waals surface area (Å²) in [4.78, 5) is 5.13. The Hall–Kier alpha value is -1.16. The van der Waals surface area contributed by atoms with Gasteiger partial charge in [0.2, 0.25) is 0 Å². The van der Waals surface area contributed by atoms with Gasteiger partial charge < -0.3 is 9.64 Å². The maximum absolute atomic E-state index is 5.65. The molecular weight excluding hydrogens is 296 g/mol. The molecule has 1 aliphatic heterocycles. The van der Waals surface area contributed by atoms with Crippen LogP contribution in [0.4, 0.5) is 0 Å². The Balaban J connectivity index is 1.61. The van der Waals surface area contributed by atoms with Crippen molar-refractivity contribution in [3.05, 3.63) is 42.0 Å². The van der Waals surface area contributed by atoms with Crippen LogP contribution in [0.3, 0.4) is 0 Å². The molecule has 1 fully saturated rings. The molecule has 0 unspecified atom stereocenters. The van der Waals surface area contributed by atoms with Gasteiger partial charge in [-0.15, -0.1) is 0 Å². The Kier molecular flexibility index (Phi) is 8.51. The van der Waals surface area contributed by atoms with E-state index in [9.17, 15) is 0 Å². The van der Waals surface area contributed by atoms with E-state index in [1.54, 1.807) is 0 Å². The van der Waals surface area contributed by atoms with Crippen LogP contribution in [0.1, 0.15) is 44.2 Å². The monoisotopic (exact) mass is 330 g/mol. The highest BCUT2D eigenvalue weighted by atomic mass is 16.5. The summed E-state index contributed by atoms with van der Waals surface area (Å²) in [5, 5.41) is 0. The summed E-state index contributed by atoms with van der Waals surface area (Å²) in [6.07, 6.45) is 3.57. The average Bonchev–Trinajstić information content (AvgIpc) is 2.60. The van der Waals surface area contributed by atoms with Gasteiger partial charge in [-0.1, -0.05) is 49.8 Å². The maximum Gasteiger partial charge on any atom is 0.0478 e. The van der Waals surface area contributed by atoms with E-state index in [2.05, 4.69) is 54.5 Å². The van der Waals surface area contributed by atoms with E-state index in [0.717, 1.165) is 31.8 Å². The number of unbranched alkanes of at least 4 members (excludes halogenated alkanes) is 1. The van der Waals surface area contributed by atoms with Crippen LogP contribution in [0.15, 0.2) is 30.8 Å². The number of rotatable bonds is 10. The molecule has 3 nitrogen and oxygen atoms in total. The van der Waals surface area contributed by atoms with Crippen LogP contribution >= 0.6 is 0 Å². The smallest absolute Gasteiger partial charge is 0.0478 e. The topological polar surface area (TPSA) is 15.7 Å². The van der Waals surface area contributed by atoms with Gasteiger partial charge in [-0.3, -0.25) is 4.90 Å². The fraction of sp³-hybridized carbons (Fsp3) is 0.619. The highest BCUT2D eigenvalue weighted by Gasteiger charge is 2.16. The Labute approximate surface area is 148 Å². The van der Waals surface area contributed by atoms with Gasteiger partial charge in [-0.2, -0.15) is 0 Å². The zero-order chi connectivity index (χ0) is 17.2. The summed E-state index contributed by atoms with van der Waals surface area (Å²) in [5.74, 6) is 0. The third kappa shape index (κ3) is 6.76. The predicted molar refractivity (Wildman–Crippen MR) is 103 cm³/mol. The second-order valence-corrected chi connectivity index (χ2v) is 6.91. The van der Waals surface area contributed by atoms with Crippen LogP contribution in [0.2, 0.25) is 0 Å². The minimum Gasteiger partial charge on any atom is -0.381 e. The Morgan fingerprint density at radius 2 is 1.62 bits per heavy atom. The summed E-state index contributed by atoms with van der Waals surface area (Å²) in [6, 6.07) is 8.85. The number of hydrogen-bond acceptors (Lipinski definition) is 3. The summed E-state index contributed by atoms with van der Waals surface area (Å²) < 4.78 is 5.65. The molecule has 0 atom stereocenters. The first-order valence-electron chi connectivity index (χ1n) is 9.46. The van der Waals surface area contributed by atoms with Gasteiger partial charge in [0.25, 0.3) is 0 Å². The Bertz CT molecular complexity index is 475. The van der Waals surface area contributed by atoms with Crippen LogP contribution in [-0.2, 0) is 11.3 Å². The fourth-order valence-electron chi connectivity index (χ4n) is 3.06. The Morgan fingerprint density at radius 1 is 1.00 bits per heavy atom. The van der Waals surface area contributed by atoms with E-state index in [1.807, 2.05) is 0 Å². The molecule has 0 saturated carbocycles. The van der Waals surface area contributed by atoms with Crippen molar-refractivity contribution in [2.75, 3.05) is 45.9 Å². The highest BCUT2D eigenvalue weighted by Crippen LogP contribution is 2.14. The Morgan fingerprint density at radius 3 is 2.25 bits per heavy atom. The number of allylic oxidation sites excluding steroid dienone is 1. The van der Waals surface area contributed by atoms with Crippen LogP contribution in [0.5, 0.6) is 0 Å². The number of piperazine rings is 1. The molecule has 1 heterocycles. The molecule has 1 aromatic rings. The van der Waals surface area contributed by atoms with Crippen molar-refractivity contribution in [2.24, 2.45) is 0 Å². The standard InChI is InChI=1S/C21H34N2O/c1-4-5-16-24-17-6-11-22-12-14-23(15-13-22)18-20-7-9-21(10-8-20)19(2)3/h7-10H,2,4-6,11-18H2,1,3H3. The number of ether oxygens (including phenoxy) is 1. The zero-order valence-electron chi connectivity index (χ0n) is 15.6. The predicted octanol–water partition coefficient (Wildman–Crippen LogP) is 4.04. The van der Waals surface area contributed by atoms with Crippen molar-refractivity contribution in [2.45, 2.75) is 39.7 Å². The van der Waals surface area contributed by atoms with Gasteiger partial charge >= 0.3 is 0 Å². The van der Waals surface area contributed by atoms with Gasteiger partial charge in [0, 0.05) is 52.5 Å². The molecule has 0 radical (unpaired) electrons. The minimum absolute atomic E-state index is 0.912. The zero-order valence-corrected chi connectivity index (χ0v) is 15.6. The molecule has 1 saturated heterocycles. The molecule has 0 spiro atoms. The molecule has 1 aromatic carbocycles. The van der Waals surface area contributed by atoms with E-state index < -0.39 is 0 Å². The van der Waals surface area contributed by atoms with Crippen molar-refractivity contribution in [1.82, 2.24) is 9.80 Å². The van der Waals surface area contributed by atoms with Gasteiger partial charge in [-0.05, 0) is 30.9 Å². The molecule has 24 heavy (non-hydrogen) atoms. The average molecular weight is 331 g/mol. The lowest BCUT2D eigenvalue weighted by molar-refractivity contribution is 0.0957. The van der Waals surface area contributed by atoms with Crippen LogP contribution in [0, 0.1) is 0 Å². The van der Waals surface area contributed by atoms with E-state index >= 15 is 0 Å². The second-order valence-electron chi connectivity index (χ2n) is 6.91. The van der Waals surface area contributed by atoms with E-state index in [0.29, 0.717) is 0 Å². The second kappa shape index (κ2) is 10.7. The summed E-state index contributed by atoms with van der Waals surface area (Å²) in [5.41, 5.74) is 3.77. The molecule has 0 aromatic heterocycles. The van der Waals surface area contributed by atoms with Crippen LogP contribution in [-0.4, -0.2) is 55.7 Å². The number of benzene rings is 1. The lowest BCUT2D eigenvalue weighted by Crippen LogP contribution is -2.46. The van der Waals surface area contributed by atoms with Crippen molar-refractivity contribution >= 4 is 5.57 Å². The molecule has 3 heteroatoms. The molecule has 134 valence electrons. The van der Waals surface area contributed by atoms with Crippen LogP contribution in [0.25, 0.3) is 5.57 Å². The lowest BCUT2D eigenvalue weighted by atomic mass is 10.1. The normalized spacial score (nSPS) is 16.4. The SMILES string of the molecule is C=C(C)c1ccc(CN2CCN(CCCOCCCC)CC2)cc1. The van der Waals surface area contributed by atoms with Crippen molar-refractivity contribution in [1.29, 1.82) is 0 Å².